The van der Waals surface area contributed by atoms with Gasteiger partial charge in [0.05, 0.1) is 12.1 Å². The van der Waals surface area contributed by atoms with E-state index in [1.54, 1.807) is 0 Å². The van der Waals surface area contributed by atoms with E-state index in [2.05, 4.69) is 36.6 Å². The average molecular weight is 314 g/mol. The second-order valence-corrected chi connectivity index (χ2v) is 5.53. The molecule has 2 unspecified atom stereocenters. The first kappa shape index (κ1) is 12.1. The Labute approximate surface area is 114 Å². The topological polar surface area (TPSA) is 85.1 Å². The Morgan fingerprint density at radius 3 is 2.78 bits per heavy atom. The molecule has 6 nitrogen and oxygen atoms in total. The van der Waals surface area contributed by atoms with Crippen LogP contribution in [-0.2, 0) is 4.74 Å². The molecule has 2 aliphatic rings. The second kappa shape index (κ2) is 4.99. The lowest BCUT2D eigenvalue weighted by Crippen LogP contribution is -2.31. The van der Waals surface area contributed by atoms with Gasteiger partial charge in [-0.2, -0.15) is 0 Å². The van der Waals surface area contributed by atoms with E-state index in [1.165, 1.54) is 19.2 Å². The number of anilines is 2. The van der Waals surface area contributed by atoms with Crippen molar-refractivity contribution in [3.63, 3.8) is 0 Å². The molecule has 1 aliphatic carbocycles. The van der Waals surface area contributed by atoms with E-state index < -0.39 is 0 Å². The summed E-state index contributed by atoms with van der Waals surface area (Å²) < 4.78 is 6.55. The molecule has 7 heteroatoms. The fraction of sp³-hybridized carbons (Fsp3) is 0.636. The van der Waals surface area contributed by atoms with Crippen LogP contribution in [0.2, 0.25) is 0 Å². The molecule has 1 aromatic rings. The van der Waals surface area contributed by atoms with Gasteiger partial charge in [0.15, 0.2) is 5.82 Å². The third-order valence-corrected chi connectivity index (χ3v) is 4.22. The van der Waals surface area contributed by atoms with Crippen LogP contribution in [-0.4, -0.2) is 28.7 Å². The van der Waals surface area contributed by atoms with Crippen molar-refractivity contribution in [3.8, 4) is 0 Å². The molecule has 1 aromatic heterocycles. The third-order valence-electron chi connectivity index (χ3n) is 3.47. The van der Waals surface area contributed by atoms with Crippen molar-refractivity contribution in [2.75, 3.05) is 17.3 Å². The number of aromatic nitrogens is 2. The van der Waals surface area contributed by atoms with E-state index in [4.69, 9.17) is 10.6 Å². The molecule has 2 fully saturated rings. The molecule has 1 aliphatic heterocycles. The van der Waals surface area contributed by atoms with Crippen LogP contribution in [0.4, 0.5) is 11.6 Å². The summed E-state index contributed by atoms with van der Waals surface area (Å²) in [6, 6.07) is 0.328. The third kappa shape index (κ3) is 2.30. The molecular weight excluding hydrogens is 298 g/mol. The first-order valence-electron chi connectivity index (χ1n) is 6.15. The molecule has 0 amide bonds. The van der Waals surface area contributed by atoms with Gasteiger partial charge in [-0.3, -0.25) is 0 Å². The Bertz CT molecular complexity index is 439. The largest absolute Gasteiger partial charge is 0.376 e. The zero-order valence-corrected chi connectivity index (χ0v) is 11.5. The summed E-state index contributed by atoms with van der Waals surface area (Å²) in [7, 11) is 0. The Hall–Kier alpha value is -0.920. The lowest BCUT2D eigenvalue weighted by atomic mass is 10.1. The molecule has 3 rings (SSSR count). The summed E-state index contributed by atoms with van der Waals surface area (Å²) in [5.41, 5.74) is 2.54. The molecule has 0 spiro atoms. The van der Waals surface area contributed by atoms with Crippen LogP contribution in [0.15, 0.2) is 10.8 Å². The zero-order chi connectivity index (χ0) is 12.5. The number of nitrogen functional groups attached to an aromatic ring is 1. The fourth-order valence-corrected chi connectivity index (χ4v) is 2.84. The number of hydrazine groups is 1. The maximum absolute atomic E-state index is 5.80. The molecule has 0 radical (unpaired) electrons. The van der Waals surface area contributed by atoms with Crippen molar-refractivity contribution in [2.24, 2.45) is 11.8 Å². The summed E-state index contributed by atoms with van der Waals surface area (Å²) in [6.07, 6.45) is 5.39. The number of halogens is 1. The number of hydrogen-bond donors (Lipinski definition) is 3. The molecule has 1 saturated carbocycles. The van der Waals surface area contributed by atoms with Crippen LogP contribution < -0.4 is 16.6 Å². The van der Waals surface area contributed by atoms with Crippen molar-refractivity contribution in [1.82, 2.24) is 9.97 Å². The summed E-state index contributed by atoms with van der Waals surface area (Å²) in [4.78, 5) is 8.28. The molecule has 2 heterocycles. The highest BCUT2D eigenvalue weighted by atomic mass is 79.9. The van der Waals surface area contributed by atoms with E-state index in [9.17, 15) is 0 Å². The molecule has 1 saturated heterocycles. The number of ether oxygens (including phenoxy) is 1. The Balaban J connectivity index is 1.75. The Morgan fingerprint density at radius 2 is 2.06 bits per heavy atom. The van der Waals surface area contributed by atoms with Crippen molar-refractivity contribution in [2.45, 2.75) is 31.4 Å². The monoisotopic (exact) mass is 313 g/mol. The zero-order valence-electron chi connectivity index (χ0n) is 9.90. The van der Waals surface area contributed by atoms with Gasteiger partial charge in [0, 0.05) is 6.61 Å². The van der Waals surface area contributed by atoms with Gasteiger partial charge in [-0.25, -0.2) is 15.8 Å². The summed E-state index contributed by atoms with van der Waals surface area (Å²) in [6.45, 7) is 0.823. The first-order chi connectivity index (χ1) is 8.79. The molecule has 98 valence electrons. The molecule has 0 bridgehead atoms. The minimum absolute atomic E-state index is 0.321. The van der Waals surface area contributed by atoms with Gasteiger partial charge in [-0.05, 0) is 41.1 Å². The summed E-state index contributed by atoms with van der Waals surface area (Å²) in [5.74, 6) is 7.45. The van der Waals surface area contributed by atoms with Crippen LogP contribution in [0.3, 0.4) is 0 Å². The molecule has 0 aromatic carbocycles. The fourth-order valence-electron chi connectivity index (χ4n) is 2.40. The highest BCUT2D eigenvalue weighted by Crippen LogP contribution is 2.40. The predicted molar refractivity (Wildman–Crippen MR) is 72.0 cm³/mol. The van der Waals surface area contributed by atoms with Crippen LogP contribution in [0.1, 0.15) is 19.3 Å². The smallest absolute Gasteiger partial charge is 0.159 e. The highest BCUT2D eigenvalue weighted by molar-refractivity contribution is 9.10. The van der Waals surface area contributed by atoms with Crippen LogP contribution in [0.5, 0.6) is 0 Å². The molecule has 18 heavy (non-hydrogen) atoms. The Kier molecular flexibility index (Phi) is 3.36. The van der Waals surface area contributed by atoms with Gasteiger partial charge in [-0.1, -0.05) is 0 Å². The maximum atomic E-state index is 5.80. The minimum Gasteiger partial charge on any atom is -0.376 e. The SMILES string of the molecule is NNc1ncnc(NC2CCOC2C2CC2)c1Br. The highest BCUT2D eigenvalue weighted by Gasteiger charge is 2.40. The van der Waals surface area contributed by atoms with Gasteiger partial charge < -0.3 is 15.5 Å². The van der Waals surface area contributed by atoms with Gasteiger partial charge in [0.2, 0.25) is 0 Å². The van der Waals surface area contributed by atoms with Crippen molar-refractivity contribution >= 4 is 27.6 Å². The Morgan fingerprint density at radius 1 is 1.28 bits per heavy atom. The van der Waals surface area contributed by atoms with Crippen LogP contribution >= 0.6 is 15.9 Å². The minimum atomic E-state index is 0.321. The van der Waals surface area contributed by atoms with Crippen LogP contribution in [0, 0.1) is 5.92 Å². The van der Waals surface area contributed by atoms with Gasteiger partial charge >= 0.3 is 0 Å². The first-order valence-corrected chi connectivity index (χ1v) is 6.94. The second-order valence-electron chi connectivity index (χ2n) is 4.74. The van der Waals surface area contributed by atoms with E-state index in [0.717, 1.165) is 29.2 Å². The standard InChI is InChI=1S/C11H16BrN5O/c12-8-10(14-5-15-11(8)17-13)16-7-3-4-18-9(7)6-1-2-6/h5-7,9H,1-4,13H2,(H2,14,15,16,17). The predicted octanol–water partition coefficient (Wildman–Crippen LogP) is 1.50. The number of nitrogens with one attached hydrogen (secondary N) is 2. The van der Waals surface area contributed by atoms with Gasteiger partial charge in [0.25, 0.3) is 0 Å². The van der Waals surface area contributed by atoms with Gasteiger partial charge in [-0.15, -0.1) is 0 Å². The number of hydrogen-bond acceptors (Lipinski definition) is 6. The summed E-state index contributed by atoms with van der Waals surface area (Å²) in [5, 5.41) is 3.44. The summed E-state index contributed by atoms with van der Waals surface area (Å²) >= 11 is 3.45. The molecule has 4 N–H and O–H groups in total. The molecular formula is C11H16BrN5O. The van der Waals surface area contributed by atoms with Crippen molar-refractivity contribution in [3.05, 3.63) is 10.8 Å². The van der Waals surface area contributed by atoms with E-state index >= 15 is 0 Å². The average Bonchev–Trinajstić information content (AvgIpc) is 3.13. The molecule has 2 atom stereocenters. The van der Waals surface area contributed by atoms with Crippen molar-refractivity contribution in [1.29, 1.82) is 0 Å². The van der Waals surface area contributed by atoms with E-state index in [1.807, 2.05) is 0 Å². The van der Waals surface area contributed by atoms with Gasteiger partial charge in [0.1, 0.15) is 16.6 Å². The quantitative estimate of drug-likeness (QED) is 0.577. The van der Waals surface area contributed by atoms with E-state index in [-0.39, 0.29) is 0 Å². The maximum Gasteiger partial charge on any atom is 0.159 e. The number of nitrogens with zero attached hydrogens (tertiary/aromatic N) is 2. The van der Waals surface area contributed by atoms with Crippen LogP contribution in [0.25, 0.3) is 0 Å². The van der Waals surface area contributed by atoms with Crippen molar-refractivity contribution < 1.29 is 4.74 Å². The lowest BCUT2D eigenvalue weighted by Gasteiger charge is -2.20. The van der Waals surface area contributed by atoms with E-state index in [0.29, 0.717) is 18.0 Å². The number of rotatable bonds is 4. The normalized spacial score (nSPS) is 27.2. The number of nitrogens with two attached hydrogens (primary N) is 1. The lowest BCUT2D eigenvalue weighted by molar-refractivity contribution is 0.0898.